The van der Waals surface area contributed by atoms with Gasteiger partial charge in [0.05, 0.1) is 11.2 Å². The zero-order valence-electron chi connectivity index (χ0n) is 7.69. The molecule has 4 nitrogen and oxygen atoms in total. The maximum atomic E-state index is 10.8. The number of aromatic carboxylic acids is 1. The maximum absolute atomic E-state index is 10.8. The second kappa shape index (κ2) is 2.77. The number of aromatic nitrogens is 1. The van der Waals surface area contributed by atoms with E-state index in [-0.39, 0.29) is 5.69 Å². The van der Waals surface area contributed by atoms with Crippen LogP contribution < -0.4 is 5.73 Å². The Morgan fingerprint density at radius 1 is 1.43 bits per heavy atom. The van der Waals surface area contributed by atoms with Crippen LogP contribution in [-0.4, -0.2) is 15.5 Å². The van der Waals surface area contributed by atoms with Crippen molar-refractivity contribution in [2.75, 3.05) is 5.73 Å². The minimum Gasteiger partial charge on any atom is -0.477 e. The monoisotopic (exact) mass is 190 g/mol. The van der Waals surface area contributed by atoms with Crippen molar-refractivity contribution in [3.05, 3.63) is 35.7 Å². The van der Waals surface area contributed by atoms with Gasteiger partial charge in [-0.2, -0.15) is 0 Å². The maximum Gasteiger partial charge on any atom is 0.352 e. The number of aryl methyl sites for hydroxylation is 1. The van der Waals surface area contributed by atoms with Gasteiger partial charge in [0.15, 0.2) is 0 Å². The molecule has 0 saturated carbocycles. The number of pyridine rings is 1. The highest BCUT2D eigenvalue weighted by atomic mass is 16.4. The number of carboxylic acid groups (broad SMARTS) is 1. The first-order chi connectivity index (χ1) is 6.61. The molecule has 0 unspecified atom stereocenters. The molecule has 0 saturated heterocycles. The van der Waals surface area contributed by atoms with E-state index in [0.717, 1.165) is 11.1 Å². The molecule has 2 aromatic heterocycles. The molecule has 3 N–H and O–H groups in total. The summed E-state index contributed by atoms with van der Waals surface area (Å²) in [6.07, 6.45) is 1.71. The summed E-state index contributed by atoms with van der Waals surface area (Å²) in [5, 5.41) is 8.87. The van der Waals surface area contributed by atoms with Crippen LogP contribution >= 0.6 is 0 Å². The molecule has 2 aromatic rings. The van der Waals surface area contributed by atoms with Crippen molar-refractivity contribution < 1.29 is 9.90 Å². The number of nitrogen functional groups attached to an aromatic ring is 1. The van der Waals surface area contributed by atoms with Gasteiger partial charge in [0.2, 0.25) is 0 Å². The molecule has 0 aliphatic carbocycles. The first-order valence-corrected chi connectivity index (χ1v) is 4.20. The molecular weight excluding hydrogens is 180 g/mol. The standard InChI is InChI=1S/C10H10N2O2/c1-6-4-5-12-7(9(6)11)2-3-8(12)10(13)14/h2-5H,11H2,1H3,(H,13,14). The molecule has 0 aliphatic rings. The Balaban J connectivity index is 2.83. The Labute approximate surface area is 80.6 Å². The minimum absolute atomic E-state index is 0.228. The summed E-state index contributed by atoms with van der Waals surface area (Å²) >= 11 is 0. The first kappa shape index (κ1) is 8.62. The Kier molecular flexibility index (Phi) is 1.70. The number of carboxylic acids is 1. The molecule has 14 heavy (non-hydrogen) atoms. The third-order valence-corrected chi connectivity index (χ3v) is 2.31. The number of hydrogen-bond donors (Lipinski definition) is 2. The largest absolute Gasteiger partial charge is 0.477 e. The molecule has 4 heteroatoms. The van der Waals surface area contributed by atoms with E-state index in [1.807, 2.05) is 6.92 Å². The lowest BCUT2D eigenvalue weighted by Crippen LogP contribution is -2.03. The van der Waals surface area contributed by atoms with Gasteiger partial charge in [0.1, 0.15) is 5.69 Å². The quantitative estimate of drug-likeness (QED) is 0.716. The molecule has 0 aromatic carbocycles. The van der Waals surface area contributed by atoms with Gasteiger partial charge in [-0.1, -0.05) is 0 Å². The minimum atomic E-state index is -0.951. The SMILES string of the molecule is Cc1ccn2c(C(=O)O)ccc2c1N. The highest BCUT2D eigenvalue weighted by Gasteiger charge is 2.10. The number of nitrogens with zero attached hydrogens (tertiary/aromatic N) is 1. The number of nitrogens with two attached hydrogens (primary N) is 1. The lowest BCUT2D eigenvalue weighted by atomic mass is 10.2. The lowest BCUT2D eigenvalue weighted by Gasteiger charge is -2.04. The predicted octanol–water partition coefficient (Wildman–Crippen LogP) is 1.53. The summed E-state index contributed by atoms with van der Waals surface area (Å²) in [5.41, 5.74) is 8.36. The molecule has 0 radical (unpaired) electrons. The Hall–Kier alpha value is -1.97. The molecule has 72 valence electrons. The number of fused-ring (bicyclic) bond motifs is 1. The van der Waals surface area contributed by atoms with Crippen LogP contribution in [-0.2, 0) is 0 Å². The predicted molar refractivity (Wildman–Crippen MR) is 53.5 cm³/mol. The van der Waals surface area contributed by atoms with E-state index in [9.17, 15) is 4.79 Å². The van der Waals surface area contributed by atoms with Crippen LogP contribution in [0.1, 0.15) is 16.1 Å². The average molecular weight is 190 g/mol. The summed E-state index contributed by atoms with van der Waals surface area (Å²) in [7, 11) is 0. The molecule has 0 amide bonds. The average Bonchev–Trinajstić information content (AvgIpc) is 2.55. The second-order valence-corrected chi connectivity index (χ2v) is 3.19. The van der Waals surface area contributed by atoms with Gasteiger partial charge in [-0.25, -0.2) is 4.79 Å². The molecule has 2 heterocycles. The molecule has 0 aliphatic heterocycles. The van der Waals surface area contributed by atoms with Gasteiger partial charge < -0.3 is 15.2 Å². The van der Waals surface area contributed by atoms with Gasteiger partial charge in [0, 0.05) is 6.20 Å². The van der Waals surface area contributed by atoms with Gasteiger partial charge in [-0.15, -0.1) is 0 Å². The lowest BCUT2D eigenvalue weighted by molar-refractivity contribution is 0.0689. The van der Waals surface area contributed by atoms with E-state index >= 15 is 0 Å². The third kappa shape index (κ3) is 1.04. The van der Waals surface area contributed by atoms with Crippen LogP contribution in [0.5, 0.6) is 0 Å². The molecule has 0 bridgehead atoms. The van der Waals surface area contributed by atoms with Gasteiger partial charge in [-0.05, 0) is 30.7 Å². The zero-order chi connectivity index (χ0) is 10.3. The Morgan fingerprint density at radius 2 is 2.14 bits per heavy atom. The number of hydrogen-bond acceptors (Lipinski definition) is 2. The van der Waals surface area contributed by atoms with E-state index < -0.39 is 5.97 Å². The fourth-order valence-electron chi connectivity index (χ4n) is 1.48. The molecular formula is C10H10N2O2. The molecule has 0 spiro atoms. The Bertz CT molecular complexity index is 514. The van der Waals surface area contributed by atoms with E-state index in [1.54, 1.807) is 28.8 Å². The van der Waals surface area contributed by atoms with Crippen LogP contribution in [0, 0.1) is 6.92 Å². The van der Waals surface area contributed by atoms with Crippen molar-refractivity contribution in [2.45, 2.75) is 6.92 Å². The fraction of sp³-hybridized carbons (Fsp3) is 0.100. The van der Waals surface area contributed by atoms with Crippen molar-refractivity contribution in [3.63, 3.8) is 0 Å². The van der Waals surface area contributed by atoms with Crippen molar-refractivity contribution >= 4 is 17.2 Å². The van der Waals surface area contributed by atoms with Gasteiger partial charge >= 0.3 is 5.97 Å². The normalized spacial score (nSPS) is 10.6. The van der Waals surface area contributed by atoms with E-state index in [0.29, 0.717) is 5.69 Å². The van der Waals surface area contributed by atoms with Gasteiger partial charge in [0.25, 0.3) is 0 Å². The summed E-state index contributed by atoms with van der Waals surface area (Å²) in [5.74, 6) is -0.951. The van der Waals surface area contributed by atoms with Gasteiger partial charge in [-0.3, -0.25) is 0 Å². The van der Waals surface area contributed by atoms with Crippen molar-refractivity contribution in [1.82, 2.24) is 4.40 Å². The van der Waals surface area contributed by atoms with Crippen LogP contribution in [0.25, 0.3) is 5.52 Å². The topological polar surface area (TPSA) is 67.7 Å². The molecule has 0 atom stereocenters. The van der Waals surface area contributed by atoms with Crippen molar-refractivity contribution in [1.29, 1.82) is 0 Å². The molecule has 2 rings (SSSR count). The van der Waals surface area contributed by atoms with Crippen LogP contribution in [0.15, 0.2) is 24.4 Å². The fourth-order valence-corrected chi connectivity index (χ4v) is 1.48. The molecule has 0 fully saturated rings. The van der Waals surface area contributed by atoms with Crippen LogP contribution in [0.4, 0.5) is 5.69 Å². The van der Waals surface area contributed by atoms with E-state index in [1.165, 1.54) is 0 Å². The highest BCUT2D eigenvalue weighted by molar-refractivity contribution is 5.89. The number of carbonyl (C=O) groups is 1. The number of rotatable bonds is 1. The van der Waals surface area contributed by atoms with Crippen molar-refractivity contribution in [3.8, 4) is 0 Å². The van der Waals surface area contributed by atoms with Crippen molar-refractivity contribution in [2.24, 2.45) is 0 Å². The Morgan fingerprint density at radius 3 is 2.79 bits per heavy atom. The summed E-state index contributed by atoms with van der Waals surface area (Å²) in [6.45, 7) is 1.89. The first-order valence-electron chi connectivity index (χ1n) is 4.20. The smallest absolute Gasteiger partial charge is 0.352 e. The zero-order valence-corrected chi connectivity index (χ0v) is 7.69. The highest BCUT2D eigenvalue weighted by Crippen LogP contribution is 2.20. The van der Waals surface area contributed by atoms with E-state index in [2.05, 4.69) is 0 Å². The van der Waals surface area contributed by atoms with E-state index in [4.69, 9.17) is 10.8 Å². The summed E-state index contributed by atoms with van der Waals surface area (Å²) in [4.78, 5) is 10.8. The second-order valence-electron chi connectivity index (χ2n) is 3.19. The van der Waals surface area contributed by atoms with Crippen LogP contribution in [0.2, 0.25) is 0 Å². The van der Waals surface area contributed by atoms with Crippen LogP contribution in [0.3, 0.4) is 0 Å². The summed E-state index contributed by atoms with van der Waals surface area (Å²) in [6, 6.07) is 5.06. The number of anilines is 1. The third-order valence-electron chi connectivity index (χ3n) is 2.31. The summed E-state index contributed by atoms with van der Waals surface area (Å²) < 4.78 is 1.57.